The van der Waals surface area contributed by atoms with Crippen LogP contribution in [0.5, 0.6) is 0 Å². The summed E-state index contributed by atoms with van der Waals surface area (Å²) in [6.45, 7) is 12.9. The standard InChI is InChI=1S/C34H53ClN6O/c1-8-28(9-2)34-31(21-37-41(34)24(3)4)30(33(42)39(6)23-26-13-11-15-29(35)19-26)20-32(40(34)7)27-14-10-12-25(18-27)22-38(5)17-16-36/h10-15,18-19,24,28,30-32,37H,8-9,16-17,20-23,36H2,1-7H3. The van der Waals surface area contributed by atoms with E-state index in [2.05, 4.69) is 86.3 Å². The van der Waals surface area contributed by atoms with Crippen LogP contribution < -0.4 is 11.2 Å². The van der Waals surface area contributed by atoms with Crippen LogP contribution in [-0.2, 0) is 17.9 Å². The fourth-order valence-corrected chi connectivity index (χ4v) is 8.23. The third-order valence-electron chi connectivity index (χ3n) is 9.81. The minimum Gasteiger partial charge on any atom is -0.341 e. The van der Waals surface area contributed by atoms with Crippen LogP contribution in [0.1, 0.15) is 69.7 Å². The van der Waals surface area contributed by atoms with Crippen LogP contribution in [0.3, 0.4) is 0 Å². The van der Waals surface area contributed by atoms with Crippen molar-refractivity contribution < 1.29 is 4.79 Å². The van der Waals surface area contributed by atoms with Crippen LogP contribution >= 0.6 is 11.6 Å². The highest BCUT2D eigenvalue weighted by atomic mass is 35.5. The number of benzene rings is 2. The Balaban J connectivity index is 1.78. The Hall–Kier alpha value is -2.00. The Morgan fingerprint density at radius 2 is 1.76 bits per heavy atom. The van der Waals surface area contributed by atoms with Crippen LogP contribution in [-0.4, -0.2) is 78.1 Å². The number of rotatable bonds is 12. The number of nitrogens with one attached hydrogen (secondary N) is 1. The van der Waals surface area contributed by atoms with Crippen molar-refractivity contribution in [2.75, 3.05) is 40.8 Å². The molecule has 0 bridgehead atoms. The van der Waals surface area contributed by atoms with Crippen LogP contribution in [0, 0.1) is 17.8 Å². The maximum atomic E-state index is 14.5. The number of nitrogens with zero attached hydrogens (tertiary/aromatic N) is 4. The molecule has 2 aromatic carbocycles. The lowest BCUT2D eigenvalue weighted by molar-refractivity contribution is -0.183. The number of fused-ring (bicyclic) bond motifs is 1. The molecule has 0 radical (unpaired) electrons. The van der Waals surface area contributed by atoms with Gasteiger partial charge in [-0.1, -0.05) is 74.7 Å². The van der Waals surface area contributed by atoms with E-state index in [1.54, 1.807) is 0 Å². The summed E-state index contributed by atoms with van der Waals surface area (Å²) in [6, 6.07) is 17.2. The molecule has 4 rings (SSSR count). The number of hydrogen-bond acceptors (Lipinski definition) is 6. The van der Waals surface area contributed by atoms with E-state index >= 15 is 0 Å². The second-order valence-electron chi connectivity index (χ2n) is 12.8. The van der Waals surface area contributed by atoms with Gasteiger partial charge < -0.3 is 15.5 Å². The molecule has 42 heavy (non-hydrogen) atoms. The van der Waals surface area contributed by atoms with E-state index in [-0.39, 0.29) is 35.5 Å². The van der Waals surface area contributed by atoms with Crippen molar-refractivity contribution in [2.24, 2.45) is 23.5 Å². The maximum Gasteiger partial charge on any atom is 0.226 e. The minimum atomic E-state index is -0.288. The maximum absolute atomic E-state index is 14.5. The molecule has 0 saturated carbocycles. The van der Waals surface area contributed by atoms with E-state index in [9.17, 15) is 4.79 Å². The lowest BCUT2D eigenvalue weighted by atomic mass is 9.65. The van der Waals surface area contributed by atoms with Crippen molar-refractivity contribution >= 4 is 17.5 Å². The Kier molecular flexibility index (Phi) is 11.1. The van der Waals surface area contributed by atoms with Crippen molar-refractivity contribution in [3.05, 3.63) is 70.2 Å². The van der Waals surface area contributed by atoms with Crippen molar-refractivity contribution in [3.8, 4) is 0 Å². The lowest BCUT2D eigenvalue weighted by Crippen LogP contribution is -2.71. The predicted molar refractivity (Wildman–Crippen MR) is 174 cm³/mol. The summed E-state index contributed by atoms with van der Waals surface area (Å²) >= 11 is 6.29. The minimum absolute atomic E-state index is 0.108. The van der Waals surface area contributed by atoms with Crippen molar-refractivity contribution in [3.63, 3.8) is 0 Å². The van der Waals surface area contributed by atoms with Crippen LogP contribution in [0.15, 0.2) is 48.5 Å². The van der Waals surface area contributed by atoms with Crippen LogP contribution in [0.4, 0.5) is 0 Å². The number of likely N-dealkylation sites (tertiary alicyclic amines) is 1. The fraction of sp³-hybridized carbons (Fsp3) is 0.618. The topological polar surface area (TPSA) is 68.1 Å². The number of piperidine rings is 1. The van der Waals surface area contributed by atoms with Crippen LogP contribution in [0.25, 0.3) is 0 Å². The van der Waals surface area contributed by atoms with Gasteiger partial charge in [0.1, 0.15) is 0 Å². The zero-order valence-corrected chi connectivity index (χ0v) is 27.6. The molecular weight excluding hydrogens is 544 g/mol. The SMILES string of the molecule is CCC(CC)C12C(CNN1C(C)C)C(C(=O)N(C)Cc1cccc(Cl)c1)CC(c1cccc(CN(C)CCN)c1)N2C. The zero-order valence-electron chi connectivity index (χ0n) is 26.8. The first kappa shape index (κ1) is 32.9. The molecule has 4 unspecified atom stereocenters. The normalized spacial score (nSPS) is 25.0. The van der Waals surface area contributed by atoms with Gasteiger partial charge >= 0.3 is 0 Å². The van der Waals surface area contributed by atoms with Gasteiger partial charge in [-0.25, -0.2) is 5.01 Å². The number of likely N-dealkylation sites (N-methyl/N-ethyl adjacent to an activating group) is 1. The smallest absolute Gasteiger partial charge is 0.226 e. The van der Waals surface area contributed by atoms with Gasteiger partial charge in [0.25, 0.3) is 0 Å². The van der Waals surface area contributed by atoms with Gasteiger partial charge in [0, 0.05) is 68.7 Å². The molecule has 2 fully saturated rings. The van der Waals surface area contributed by atoms with E-state index in [4.69, 9.17) is 17.3 Å². The van der Waals surface area contributed by atoms with Crippen molar-refractivity contribution in [2.45, 2.75) is 77.8 Å². The first-order valence-corrected chi connectivity index (χ1v) is 16.2. The summed E-state index contributed by atoms with van der Waals surface area (Å²) in [4.78, 5) is 21.4. The molecule has 8 heteroatoms. The molecule has 232 valence electrons. The molecule has 7 nitrogen and oxygen atoms in total. The number of carbonyl (C=O) groups is 1. The van der Waals surface area contributed by atoms with Crippen molar-refractivity contribution in [1.82, 2.24) is 25.1 Å². The summed E-state index contributed by atoms with van der Waals surface area (Å²) < 4.78 is 0. The van der Waals surface area contributed by atoms with Gasteiger partial charge in [-0.2, -0.15) is 0 Å². The monoisotopic (exact) mass is 596 g/mol. The average molecular weight is 597 g/mol. The van der Waals surface area contributed by atoms with Crippen molar-refractivity contribution in [1.29, 1.82) is 0 Å². The Morgan fingerprint density at radius 3 is 2.38 bits per heavy atom. The van der Waals surface area contributed by atoms with E-state index in [1.807, 2.05) is 36.2 Å². The third kappa shape index (κ3) is 6.42. The highest BCUT2D eigenvalue weighted by Gasteiger charge is 2.63. The van der Waals surface area contributed by atoms with E-state index in [0.717, 1.165) is 44.5 Å². The highest BCUT2D eigenvalue weighted by molar-refractivity contribution is 6.30. The number of amides is 1. The van der Waals surface area contributed by atoms with Crippen LogP contribution in [0.2, 0.25) is 5.02 Å². The predicted octanol–water partition coefficient (Wildman–Crippen LogP) is 5.36. The van der Waals surface area contributed by atoms with Gasteiger partial charge in [-0.05, 0) is 69.1 Å². The molecule has 2 aliphatic heterocycles. The van der Waals surface area contributed by atoms with E-state index < -0.39 is 0 Å². The van der Waals surface area contributed by atoms with Gasteiger partial charge in [-0.15, -0.1) is 0 Å². The fourth-order valence-electron chi connectivity index (χ4n) is 8.02. The Bertz CT molecular complexity index is 1190. The van der Waals surface area contributed by atoms with Gasteiger partial charge in [-0.3, -0.25) is 15.1 Å². The van der Waals surface area contributed by atoms with E-state index in [0.29, 0.717) is 24.0 Å². The molecule has 4 atom stereocenters. The number of carbonyl (C=O) groups excluding carboxylic acids is 1. The molecule has 2 aliphatic rings. The summed E-state index contributed by atoms with van der Waals surface area (Å²) in [7, 11) is 6.38. The number of halogens is 1. The second-order valence-corrected chi connectivity index (χ2v) is 13.2. The first-order chi connectivity index (χ1) is 20.1. The number of hydrazine groups is 1. The third-order valence-corrected chi connectivity index (χ3v) is 10.0. The molecule has 3 N–H and O–H groups in total. The molecule has 0 aromatic heterocycles. The van der Waals surface area contributed by atoms with Gasteiger partial charge in [0.15, 0.2) is 0 Å². The van der Waals surface area contributed by atoms with E-state index in [1.165, 1.54) is 11.1 Å². The molecule has 2 saturated heterocycles. The Labute approximate surface area is 259 Å². The zero-order chi connectivity index (χ0) is 30.6. The molecule has 0 spiro atoms. The molecule has 2 heterocycles. The average Bonchev–Trinajstić information content (AvgIpc) is 3.36. The summed E-state index contributed by atoms with van der Waals surface area (Å²) in [5.74, 6) is 0.676. The molecule has 0 aliphatic carbocycles. The lowest BCUT2D eigenvalue weighted by Gasteiger charge is -2.60. The quantitative estimate of drug-likeness (QED) is 0.344. The highest BCUT2D eigenvalue weighted by Crippen LogP contribution is 2.54. The molecule has 1 amide bonds. The molecular formula is C34H53ClN6O. The summed E-state index contributed by atoms with van der Waals surface area (Å²) in [6.07, 6.45) is 2.90. The number of nitrogens with two attached hydrogens (primary N) is 1. The Morgan fingerprint density at radius 1 is 1.10 bits per heavy atom. The van der Waals surface area contributed by atoms with Gasteiger partial charge in [0.2, 0.25) is 5.91 Å². The largest absolute Gasteiger partial charge is 0.341 e. The summed E-state index contributed by atoms with van der Waals surface area (Å²) in [5, 5.41) is 3.20. The number of hydrogen-bond donors (Lipinski definition) is 2. The molecule has 2 aromatic rings. The summed E-state index contributed by atoms with van der Waals surface area (Å²) in [5.41, 5.74) is 13.0. The second kappa shape index (κ2) is 14.2. The van der Waals surface area contributed by atoms with Gasteiger partial charge in [0.05, 0.1) is 5.66 Å². The first-order valence-electron chi connectivity index (χ1n) is 15.8.